The van der Waals surface area contributed by atoms with E-state index in [4.69, 9.17) is 17.0 Å². The Balaban J connectivity index is 1.71. The fourth-order valence-corrected chi connectivity index (χ4v) is 2.60. The highest BCUT2D eigenvalue weighted by molar-refractivity contribution is 7.80. The lowest BCUT2D eigenvalue weighted by Crippen LogP contribution is -2.48. The van der Waals surface area contributed by atoms with Gasteiger partial charge in [0.2, 0.25) is 11.8 Å². The highest BCUT2D eigenvalue weighted by atomic mass is 32.1. The summed E-state index contributed by atoms with van der Waals surface area (Å²) in [5.74, 6) is 0.0629. The molecule has 0 aliphatic heterocycles. The molecule has 0 fully saturated rings. The van der Waals surface area contributed by atoms with Crippen LogP contribution in [-0.2, 0) is 16.0 Å². The molecule has 2 aromatic rings. The molecule has 0 radical (unpaired) electrons. The van der Waals surface area contributed by atoms with E-state index in [1.165, 1.54) is 17.4 Å². The quantitative estimate of drug-likeness (QED) is 0.423. The van der Waals surface area contributed by atoms with E-state index in [0.29, 0.717) is 0 Å². The number of thiophene rings is 1. The van der Waals surface area contributed by atoms with Crippen molar-refractivity contribution in [3.63, 3.8) is 0 Å². The minimum atomic E-state index is -0.379. The molecule has 0 saturated heterocycles. The van der Waals surface area contributed by atoms with Crippen LogP contribution in [0.25, 0.3) is 6.08 Å². The molecular formula is C17H17N3O3S2. The number of hydrazine groups is 1. The minimum Gasteiger partial charge on any atom is -0.497 e. The molecule has 1 heterocycles. The van der Waals surface area contributed by atoms with Gasteiger partial charge >= 0.3 is 0 Å². The van der Waals surface area contributed by atoms with Gasteiger partial charge in [-0.05, 0) is 47.4 Å². The molecule has 0 spiro atoms. The maximum Gasteiger partial charge on any atom is 0.250 e. The third kappa shape index (κ3) is 6.74. The lowest BCUT2D eigenvalue weighted by Gasteiger charge is -2.10. The van der Waals surface area contributed by atoms with Crippen molar-refractivity contribution in [2.24, 2.45) is 0 Å². The average molecular weight is 375 g/mol. The third-order valence-corrected chi connectivity index (χ3v) is 4.06. The number of hydrogen-bond acceptors (Lipinski definition) is 5. The number of benzene rings is 1. The second-order valence-electron chi connectivity index (χ2n) is 4.87. The number of methoxy groups -OCH3 is 1. The van der Waals surface area contributed by atoms with Crippen LogP contribution in [0.4, 0.5) is 0 Å². The van der Waals surface area contributed by atoms with E-state index in [2.05, 4.69) is 16.2 Å². The van der Waals surface area contributed by atoms with E-state index in [1.807, 2.05) is 17.5 Å². The smallest absolute Gasteiger partial charge is 0.250 e. The SMILES string of the molecule is COc1ccc(CC(=O)NNC(=S)NC(=O)/C=C/c2cccs2)cc1. The molecule has 0 unspecified atom stereocenters. The van der Waals surface area contributed by atoms with Crippen LogP contribution in [0.15, 0.2) is 47.9 Å². The van der Waals surface area contributed by atoms with Crippen molar-refractivity contribution in [1.29, 1.82) is 0 Å². The second-order valence-corrected chi connectivity index (χ2v) is 6.25. The number of rotatable bonds is 5. The van der Waals surface area contributed by atoms with Crippen LogP contribution in [0.2, 0.25) is 0 Å². The van der Waals surface area contributed by atoms with Crippen molar-refractivity contribution in [2.75, 3.05) is 7.11 Å². The summed E-state index contributed by atoms with van der Waals surface area (Å²) in [5, 5.41) is 4.38. The molecule has 2 amide bonds. The number of thiocarbonyl (C=S) groups is 1. The van der Waals surface area contributed by atoms with Crippen LogP contribution in [-0.4, -0.2) is 24.0 Å². The summed E-state index contributed by atoms with van der Waals surface area (Å²) in [6, 6.07) is 10.9. The average Bonchev–Trinajstić information content (AvgIpc) is 3.12. The van der Waals surface area contributed by atoms with Gasteiger partial charge in [-0.2, -0.15) is 0 Å². The molecule has 2 rings (SSSR count). The maximum atomic E-state index is 11.8. The zero-order valence-corrected chi connectivity index (χ0v) is 15.1. The summed E-state index contributed by atoms with van der Waals surface area (Å²) < 4.78 is 5.06. The molecule has 1 aromatic carbocycles. The van der Waals surface area contributed by atoms with E-state index in [9.17, 15) is 9.59 Å². The molecule has 1 aromatic heterocycles. The van der Waals surface area contributed by atoms with Crippen LogP contribution in [0.5, 0.6) is 5.75 Å². The van der Waals surface area contributed by atoms with Crippen LogP contribution in [0, 0.1) is 0 Å². The zero-order valence-electron chi connectivity index (χ0n) is 13.4. The van der Waals surface area contributed by atoms with Gasteiger partial charge in [-0.25, -0.2) is 0 Å². The van der Waals surface area contributed by atoms with Crippen LogP contribution in [0.1, 0.15) is 10.4 Å². The Morgan fingerprint density at radius 2 is 1.96 bits per heavy atom. The topological polar surface area (TPSA) is 79.5 Å². The highest BCUT2D eigenvalue weighted by Gasteiger charge is 2.05. The predicted molar refractivity (Wildman–Crippen MR) is 102 cm³/mol. The second kappa shape index (κ2) is 9.55. The van der Waals surface area contributed by atoms with Crippen molar-refractivity contribution in [3.05, 3.63) is 58.3 Å². The van der Waals surface area contributed by atoms with Gasteiger partial charge in [-0.3, -0.25) is 25.8 Å². The lowest BCUT2D eigenvalue weighted by molar-refractivity contribution is -0.121. The van der Waals surface area contributed by atoms with E-state index in [1.54, 1.807) is 37.5 Å². The molecule has 6 nitrogen and oxygen atoms in total. The standard InChI is InChI=1S/C17H17N3O3S2/c1-23-13-6-4-12(5-7-13)11-16(22)19-20-17(24)18-15(21)9-8-14-3-2-10-25-14/h2-10H,11H2,1H3,(H,19,22)(H2,18,20,21,24)/b9-8+. The third-order valence-electron chi connectivity index (χ3n) is 3.02. The minimum absolute atomic E-state index is 0.0175. The Morgan fingerprint density at radius 1 is 1.20 bits per heavy atom. The maximum absolute atomic E-state index is 11.8. The summed E-state index contributed by atoms with van der Waals surface area (Å²) >= 11 is 6.48. The Morgan fingerprint density at radius 3 is 2.60 bits per heavy atom. The first kappa shape index (κ1) is 18.6. The molecule has 0 bridgehead atoms. The van der Waals surface area contributed by atoms with Gasteiger partial charge in [-0.1, -0.05) is 18.2 Å². The number of nitrogens with one attached hydrogen (secondary N) is 3. The summed E-state index contributed by atoms with van der Waals surface area (Å²) in [4.78, 5) is 24.5. The van der Waals surface area contributed by atoms with Gasteiger partial charge in [0.1, 0.15) is 5.75 Å². The number of carbonyl (C=O) groups is 2. The number of ether oxygens (including phenoxy) is 1. The Labute approximate surface area is 154 Å². The van der Waals surface area contributed by atoms with Crippen molar-refractivity contribution in [2.45, 2.75) is 6.42 Å². The molecule has 0 atom stereocenters. The van der Waals surface area contributed by atoms with Crippen LogP contribution >= 0.6 is 23.6 Å². The Bertz CT molecular complexity index is 756. The van der Waals surface area contributed by atoms with Gasteiger partial charge in [0.05, 0.1) is 13.5 Å². The molecule has 0 aliphatic rings. The first-order chi connectivity index (χ1) is 12.1. The summed E-state index contributed by atoms with van der Waals surface area (Å²) in [6.07, 6.45) is 3.23. The summed E-state index contributed by atoms with van der Waals surface area (Å²) in [6.45, 7) is 0. The zero-order chi connectivity index (χ0) is 18.1. The van der Waals surface area contributed by atoms with Crippen molar-refractivity contribution in [1.82, 2.24) is 16.2 Å². The monoisotopic (exact) mass is 375 g/mol. The molecule has 8 heteroatoms. The van der Waals surface area contributed by atoms with Gasteiger partial charge in [0.25, 0.3) is 0 Å². The van der Waals surface area contributed by atoms with Gasteiger partial charge in [0.15, 0.2) is 5.11 Å². The highest BCUT2D eigenvalue weighted by Crippen LogP contribution is 2.11. The first-order valence-corrected chi connectivity index (χ1v) is 8.60. The van der Waals surface area contributed by atoms with E-state index in [-0.39, 0.29) is 23.3 Å². The molecule has 0 aliphatic carbocycles. The molecule has 25 heavy (non-hydrogen) atoms. The lowest BCUT2D eigenvalue weighted by atomic mass is 10.1. The van der Waals surface area contributed by atoms with E-state index < -0.39 is 0 Å². The van der Waals surface area contributed by atoms with Gasteiger partial charge in [-0.15, -0.1) is 11.3 Å². The largest absolute Gasteiger partial charge is 0.497 e. The number of amides is 2. The summed E-state index contributed by atoms with van der Waals surface area (Å²) in [5.41, 5.74) is 5.76. The summed E-state index contributed by atoms with van der Waals surface area (Å²) in [7, 11) is 1.58. The van der Waals surface area contributed by atoms with Crippen LogP contribution in [0.3, 0.4) is 0 Å². The molecular weight excluding hydrogens is 358 g/mol. The molecule has 3 N–H and O–H groups in total. The Kier molecular flexibility index (Phi) is 7.12. The van der Waals surface area contributed by atoms with Gasteiger partial charge < -0.3 is 4.74 Å². The molecule has 130 valence electrons. The predicted octanol–water partition coefficient (Wildman–Crippen LogP) is 2.03. The fourth-order valence-electron chi connectivity index (χ4n) is 1.83. The van der Waals surface area contributed by atoms with Crippen molar-refractivity contribution in [3.8, 4) is 5.75 Å². The van der Waals surface area contributed by atoms with E-state index >= 15 is 0 Å². The first-order valence-electron chi connectivity index (χ1n) is 7.31. The van der Waals surface area contributed by atoms with Crippen LogP contribution < -0.4 is 20.9 Å². The normalized spacial score (nSPS) is 10.3. The number of carbonyl (C=O) groups excluding carboxylic acids is 2. The number of hydrogen-bond donors (Lipinski definition) is 3. The Hall–Kier alpha value is -2.71. The van der Waals surface area contributed by atoms with Crippen molar-refractivity contribution >= 4 is 46.6 Å². The fraction of sp³-hybridized carbons (Fsp3) is 0.118. The van der Waals surface area contributed by atoms with Gasteiger partial charge in [0, 0.05) is 11.0 Å². The van der Waals surface area contributed by atoms with Crippen molar-refractivity contribution < 1.29 is 14.3 Å². The molecule has 0 saturated carbocycles. The van der Waals surface area contributed by atoms with E-state index in [0.717, 1.165) is 16.2 Å².